The predicted octanol–water partition coefficient (Wildman–Crippen LogP) is 2.58. The van der Waals surface area contributed by atoms with Crippen molar-refractivity contribution in [3.05, 3.63) is 47.2 Å². The van der Waals surface area contributed by atoms with Gasteiger partial charge in [0.25, 0.3) is 10.0 Å². The Labute approximate surface area is 198 Å². The number of anilines is 1. The molecule has 10 nitrogen and oxygen atoms in total. The fourth-order valence-corrected chi connectivity index (χ4v) is 4.81. The molecule has 2 aromatic rings. The van der Waals surface area contributed by atoms with E-state index in [1.165, 1.54) is 19.1 Å². The minimum Gasteiger partial charge on any atom is -0.478 e. The third-order valence-corrected chi connectivity index (χ3v) is 6.69. The van der Waals surface area contributed by atoms with Crippen molar-refractivity contribution in [1.29, 1.82) is 5.26 Å². The Morgan fingerprint density at radius 1 is 1.26 bits per heavy atom. The van der Waals surface area contributed by atoms with Crippen LogP contribution in [0.3, 0.4) is 0 Å². The summed E-state index contributed by atoms with van der Waals surface area (Å²) in [6.07, 6.45) is -4.80. The first kappa shape index (κ1) is 25.8. The van der Waals surface area contributed by atoms with Crippen LogP contribution in [0.15, 0.2) is 35.2 Å². The predicted molar refractivity (Wildman–Crippen MR) is 114 cm³/mol. The first-order valence-corrected chi connectivity index (χ1v) is 11.6. The van der Waals surface area contributed by atoms with Gasteiger partial charge in [0, 0.05) is 19.0 Å². The van der Waals surface area contributed by atoms with Gasteiger partial charge in [0.1, 0.15) is 22.5 Å². The second kappa shape index (κ2) is 9.79. The summed E-state index contributed by atoms with van der Waals surface area (Å²) in [4.78, 5) is 29.0. The van der Waals surface area contributed by atoms with E-state index in [4.69, 9.17) is 0 Å². The minimum atomic E-state index is -5.13. The molecule has 0 spiro atoms. The van der Waals surface area contributed by atoms with E-state index in [9.17, 15) is 41.5 Å². The van der Waals surface area contributed by atoms with Crippen LogP contribution < -0.4 is 14.4 Å². The summed E-state index contributed by atoms with van der Waals surface area (Å²) in [5.41, 5.74) is 0.136. The number of rotatable bonds is 6. The number of piperidine rings is 1. The van der Waals surface area contributed by atoms with Crippen molar-refractivity contribution in [3.63, 3.8) is 0 Å². The number of nitrogens with zero attached hydrogens (tertiary/aromatic N) is 3. The molecule has 1 saturated heterocycles. The van der Waals surface area contributed by atoms with Crippen LogP contribution in [-0.4, -0.2) is 49.8 Å². The molecule has 0 bridgehead atoms. The number of aryl methyl sites for hydroxylation is 1. The van der Waals surface area contributed by atoms with E-state index in [-0.39, 0.29) is 48.6 Å². The molecule has 1 aliphatic rings. The Hall–Kier alpha value is -3.86. The number of carboxylic acids is 1. The number of para-hydroxylation sites is 1. The van der Waals surface area contributed by atoms with Crippen LogP contribution in [0.1, 0.15) is 34.5 Å². The largest absolute Gasteiger partial charge is 0.573 e. The third kappa shape index (κ3) is 5.99. The monoisotopic (exact) mass is 512 g/mol. The van der Waals surface area contributed by atoms with Crippen LogP contribution >= 0.6 is 0 Å². The number of carbonyl (C=O) groups is 2. The number of amides is 1. The molecule has 1 aromatic carbocycles. The van der Waals surface area contributed by atoms with Gasteiger partial charge in [-0.25, -0.2) is 22.9 Å². The minimum absolute atomic E-state index is 0.0414. The van der Waals surface area contributed by atoms with Crippen molar-refractivity contribution in [1.82, 2.24) is 9.71 Å². The molecule has 2 N–H and O–H groups in total. The van der Waals surface area contributed by atoms with Gasteiger partial charge in [-0.15, -0.1) is 13.2 Å². The maximum atomic E-state index is 12.6. The maximum absolute atomic E-state index is 12.6. The Morgan fingerprint density at radius 2 is 1.89 bits per heavy atom. The van der Waals surface area contributed by atoms with Crippen LogP contribution in [0.2, 0.25) is 0 Å². The van der Waals surface area contributed by atoms with E-state index >= 15 is 0 Å². The molecule has 1 amide bonds. The van der Waals surface area contributed by atoms with Gasteiger partial charge in [-0.05, 0) is 38.0 Å². The summed E-state index contributed by atoms with van der Waals surface area (Å²) in [7, 11) is -4.66. The summed E-state index contributed by atoms with van der Waals surface area (Å²) >= 11 is 0. The third-order valence-electron chi connectivity index (χ3n) is 5.31. The van der Waals surface area contributed by atoms with Gasteiger partial charge >= 0.3 is 12.3 Å². The number of alkyl halides is 3. The van der Waals surface area contributed by atoms with Gasteiger partial charge in [0.15, 0.2) is 0 Å². The van der Waals surface area contributed by atoms with Crippen molar-refractivity contribution in [2.75, 3.05) is 18.0 Å². The molecule has 0 atom stereocenters. The lowest BCUT2D eigenvalue weighted by Gasteiger charge is -2.32. The molecule has 1 aliphatic heterocycles. The second-order valence-electron chi connectivity index (χ2n) is 7.64. The Kier molecular flexibility index (Phi) is 7.20. The van der Waals surface area contributed by atoms with Gasteiger partial charge in [-0.2, -0.15) is 5.26 Å². The number of hydrogen-bond donors (Lipinski definition) is 2. The first-order chi connectivity index (χ1) is 16.3. The summed E-state index contributed by atoms with van der Waals surface area (Å²) in [5.74, 6) is -3.61. The van der Waals surface area contributed by atoms with Crippen molar-refractivity contribution in [2.45, 2.75) is 31.0 Å². The molecule has 2 heterocycles. The topological polar surface area (TPSA) is 150 Å². The molecule has 0 radical (unpaired) electrons. The lowest BCUT2D eigenvalue weighted by molar-refractivity contribution is -0.275. The summed E-state index contributed by atoms with van der Waals surface area (Å²) < 4.78 is 68.6. The van der Waals surface area contributed by atoms with E-state index in [1.807, 2.05) is 10.8 Å². The number of nitrogens with one attached hydrogen (secondary N) is 1. The van der Waals surface area contributed by atoms with Gasteiger partial charge in [0.2, 0.25) is 5.91 Å². The number of aromatic carboxylic acids is 1. The quantitative estimate of drug-likeness (QED) is 0.595. The molecule has 186 valence electrons. The van der Waals surface area contributed by atoms with Crippen LogP contribution in [0.4, 0.5) is 19.0 Å². The van der Waals surface area contributed by atoms with Crippen molar-refractivity contribution >= 4 is 27.7 Å². The van der Waals surface area contributed by atoms with Gasteiger partial charge in [0.05, 0.1) is 16.8 Å². The van der Waals surface area contributed by atoms with Gasteiger partial charge < -0.3 is 14.7 Å². The zero-order valence-electron chi connectivity index (χ0n) is 18.2. The number of ether oxygens (including phenoxy) is 1. The molecule has 0 saturated carbocycles. The normalized spacial score (nSPS) is 14.8. The van der Waals surface area contributed by atoms with Crippen LogP contribution in [0, 0.1) is 24.2 Å². The highest BCUT2D eigenvalue weighted by atomic mass is 32.2. The first-order valence-electron chi connectivity index (χ1n) is 10.1. The highest BCUT2D eigenvalue weighted by Crippen LogP contribution is 2.30. The molecule has 3 rings (SSSR count). The number of pyridine rings is 1. The number of nitriles is 1. The maximum Gasteiger partial charge on any atom is 0.573 e. The zero-order valence-corrected chi connectivity index (χ0v) is 19.0. The second-order valence-corrected chi connectivity index (χ2v) is 9.29. The van der Waals surface area contributed by atoms with Crippen molar-refractivity contribution in [3.8, 4) is 11.8 Å². The molecular weight excluding hydrogens is 493 g/mol. The van der Waals surface area contributed by atoms with Gasteiger partial charge in [-0.3, -0.25) is 4.79 Å². The Bertz CT molecular complexity index is 1300. The summed E-state index contributed by atoms with van der Waals surface area (Å²) in [5, 5.41) is 18.6. The lowest BCUT2D eigenvalue weighted by Crippen LogP contribution is -2.43. The van der Waals surface area contributed by atoms with E-state index in [1.54, 1.807) is 4.90 Å². The summed E-state index contributed by atoms with van der Waals surface area (Å²) in [6, 6.07) is 7.18. The molecule has 0 unspecified atom stereocenters. The molecule has 35 heavy (non-hydrogen) atoms. The van der Waals surface area contributed by atoms with E-state index in [0.717, 1.165) is 18.2 Å². The average molecular weight is 512 g/mol. The van der Waals surface area contributed by atoms with Crippen molar-refractivity contribution < 1.29 is 41.0 Å². The molecule has 1 aromatic heterocycles. The standard InChI is InChI=1S/C21H19F3N4O6S/c1-12-15(20(30)31)10-14(11-25)18(26-12)28-8-6-13(7-9-28)19(29)27-35(32,33)17-5-3-2-4-16(17)34-21(22,23)24/h2-5,10,13H,6-9H2,1H3,(H,27,29)(H,30,31). The summed E-state index contributed by atoms with van der Waals surface area (Å²) in [6.45, 7) is 1.90. The highest BCUT2D eigenvalue weighted by molar-refractivity contribution is 7.90. The number of carboxylic acid groups (broad SMARTS) is 1. The number of benzene rings is 1. The SMILES string of the molecule is Cc1nc(N2CCC(C(=O)NS(=O)(=O)c3ccccc3OC(F)(F)F)CC2)c(C#N)cc1C(=O)O. The zero-order chi connectivity index (χ0) is 26.0. The number of aromatic nitrogens is 1. The Balaban J connectivity index is 1.72. The molecule has 14 heteroatoms. The van der Waals surface area contributed by atoms with E-state index in [2.05, 4.69) is 9.72 Å². The van der Waals surface area contributed by atoms with Crippen molar-refractivity contribution in [2.24, 2.45) is 5.92 Å². The van der Waals surface area contributed by atoms with Gasteiger partial charge in [-0.1, -0.05) is 12.1 Å². The number of carbonyl (C=O) groups excluding carboxylic acids is 1. The van der Waals surface area contributed by atoms with Crippen LogP contribution in [-0.2, 0) is 14.8 Å². The van der Waals surface area contributed by atoms with E-state index in [0.29, 0.717) is 0 Å². The van der Waals surface area contributed by atoms with Crippen LogP contribution in [0.5, 0.6) is 5.75 Å². The fraction of sp³-hybridized carbons (Fsp3) is 0.333. The Morgan fingerprint density at radius 3 is 2.46 bits per heavy atom. The molecule has 1 fully saturated rings. The smallest absolute Gasteiger partial charge is 0.478 e. The van der Waals surface area contributed by atoms with E-state index < -0.39 is 44.8 Å². The number of hydrogen-bond acceptors (Lipinski definition) is 8. The average Bonchev–Trinajstić information content (AvgIpc) is 2.77. The lowest BCUT2D eigenvalue weighted by atomic mass is 9.96. The molecular formula is C21H19F3N4O6S. The van der Waals surface area contributed by atoms with Crippen LogP contribution in [0.25, 0.3) is 0 Å². The number of sulfonamides is 1. The highest BCUT2D eigenvalue weighted by Gasteiger charge is 2.35. The molecule has 0 aliphatic carbocycles. The number of halogens is 3. The fourth-order valence-electron chi connectivity index (χ4n) is 3.64.